The standard InChI is InChI=1S/C28H37N3O3/c1-2-22-9-11-23(12-10-22)28(33)31-15-4-8-26(21-31)24-6-3-7-25(20-24)27(32)29-13-5-14-30-16-18-34-19-17-30/h3,6-7,9-12,20,26H,2,4-5,8,13-19,21H2,1H3,(H,29,32). The topological polar surface area (TPSA) is 61.9 Å². The fraction of sp³-hybridized carbons (Fsp3) is 0.500. The van der Waals surface area contributed by atoms with Gasteiger partial charge in [0, 0.05) is 49.8 Å². The fourth-order valence-corrected chi connectivity index (χ4v) is 4.86. The molecule has 1 N–H and O–H groups in total. The summed E-state index contributed by atoms with van der Waals surface area (Å²) in [6, 6.07) is 15.9. The van der Waals surface area contributed by atoms with E-state index in [1.165, 1.54) is 5.56 Å². The summed E-state index contributed by atoms with van der Waals surface area (Å²) in [5.41, 5.74) is 3.83. The number of likely N-dealkylation sites (tertiary alicyclic amines) is 1. The molecule has 0 spiro atoms. The van der Waals surface area contributed by atoms with Gasteiger partial charge in [-0.25, -0.2) is 0 Å². The molecule has 0 aliphatic carbocycles. The molecule has 34 heavy (non-hydrogen) atoms. The molecule has 0 radical (unpaired) electrons. The minimum Gasteiger partial charge on any atom is -0.379 e. The predicted octanol–water partition coefficient (Wildman–Crippen LogP) is 3.72. The van der Waals surface area contributed by atoms with Crippen LogP contribution < -0.4 is 5.32 Å². The third-order valence-corrected chi connectivity index (χ3v) is 6.98. The molecule has 0 bridgehead atoms. The van der Waals surface area contributed by atoms with Crippen LogP contribution in [-0.2, 0) is 11.2 Å². The van der Waals surface area contributed by atoms with Gasteiger partial charge in [0.2, 0.25) is 0 Å². The van der Waals surface area contributed by atoms with Gasteiger partial charge in [-0.1, -0.05) is 31.2 Å². The lowest BCUT2D eigenvalue weighted by molar-refractivity contribution is 0.0374. The zero-order valence-electron chi connectivity index (χ0n) is 20.3. The number of aryl methyl sites for hydroxylation is 1. The molecule has 6 heteroatoms. The Labute approximate surface area is 203 Å². The Morgan fingerprint density at radius 1 is 1.03 bits per heavy atom. The number of carbonyl (C=O) groups excluding carboxylic acids is 2. The van der Waals surface area contributed by atoms with Gasteiger partial charge in [-0.2, -0.15) is 0 Å². The molecular weight excluding hydrogens is 426 g/mol. The maximum Gasteiger partial charge on any atom is 0.253 e. The van der Waals surface area contributed by atoms with E-state index in [0.717, 1.165) is 76.2 Å². The maximum absolute atomic E-state index is 13.1. The van der Waals surface area contributed by atoms with Gasteiger partial charge in [-0.05, 0) is 67.6 Å². The van der Waals surface area contributed by atoms with Crippen molar-refractivity contribution in [3.63, 3.8) is 0 Å². The van der Waals surface area contributed by atoms with E-state index in [0.29, 0.717) is 18.7 Å². The Balaban J connectivity index is 1.31. The minimum absolute atomic E-state index is 0.0245. The van der Waals surface area contributed by atoms with E-state index in [2.05, 4.69) is 23.2 Å². The van der Waals surface area contributed by atoms with E-state index in [9.17, 15) is 9.59 Å². The summed E-state index contributed by atoms with van der Waals surface area (Å²) < 4.78 is 5.38. The molecule has 2 aliphatic heterocycles. The van der Waals surface area contributed by atoms with E-state index < -0.39 is 0 Å². The number of rotatable bonds is 8. The van der Waals surface area contributed by atoms with Gasteiger partial charge in [0.1, 0.15) is 0 Å². The summed E-state index contributed by atoms with van der Waals surface area (Å²) in [5, 5.41) is 3.07. The number of morpholine rings is 1. The second-order valence-electron chi connectivity index (χ2n) is 9.33. The van der Waals surface area contributed by atoms with Crippen molar-refractivity contribution < 1.29 is 14.3 Å². The maximum atomic E-state index is 13.1. The minimum atomic E-state index is -0.0245. The molecule has 2 heterocycles. The van der Waals surface area contributed by atoms with E-state index in [4.69, 9.17) is 4.74 Å². The highest BCUT2D eigenvalue weighted by molar-refractivity contribution is 5.95. The van der Waals surface area contributed by atoms with Crippen LogP contribution in [0, 0.1) is 0 Å². The summed E-state index contributed by atoms with van der Waals surface area (Å²) in [6.45, 7) is 8.80. The Kier molecular flexibility index (Phi) is 8.72. The van der Waals surface area contributed by atoms with Crippen LogP contribution in [0.3, 0.4) is 0 Å². The van der Waals surface area contributed by atoms with E-state index in [-0.39, 0.29) is 17.7 Å². The monoisotopic (exact) mass is 463 g/mol. The molecule has 2 amide bonds. The van der Waals surface area contributed by atoms with Gasteiger partial charge in [-0.15, -0.1) is 0 Å². The van der Waals surface area contributed by atoms with E-state index in [1.54, 1.807) is 0 Å². The normalized spacial score (nSPS) is 19.1. The lowest BCUT2D eigenvalue weighted by Crippen LogP contribution is -2.39. The van der Waals surface area contributed by atoms with Crippen LogP contribution in [0.5, 0.6) is 0 Å². The molecular formula is C28H37N3O3. The first-order valence-electron chi connectivity index (χ1n) is 12.7. The van der Waals surface area contributed by atoms with E-state index >= 15 is 0 Å². The molecule has 1 atom stereocenters. The van der Waals surface area contributed by atoms with Crippen molar-refractivity contribution in [2.45, 2.75) is 38.5 Å². The number of benzene rings is 2. The molecule has 2 aromatic carbocycles. The van der Waals surface area contributed by atoms with Crippen LogP contribution in [0.2, 0.25) is 0 Å². The predicted molar refractivity (Wildman–Crippen MR) is 134 cm³/mol. The molecule has 2 saturated heterocycles. The number of amides is 2. The molecule has 182 valence electrons. The molecule has 6 nitrogen and oxygen atoms in total. The van der Waals surface area contributed by atoms with Gasteiger partial charge < -0.3 is 15.0 Å². The summed E-state index contributed by atoms with van der Waals surface area (Å²) >= 11 is 0. The SMILES string of the molecule is CCc1ccc(C(=O)N2CCCC(c3cccc(C(=O)NCCCN4CCOCC4)c3)C2)cc1. The van der Waals surface area contributed by atoms with Crippen molar-refractivity contribution in [1.82, 2.24) is 15.1 Å². The second kappa shape index (κ2) is 12.1. The quantitative estimate of drug-likeness (QED) is 0.606. The number of carbonyl (C=O) groups is 2. The molecule has 0 aromatic heterocycles. The van der Waals surface area contributed by atoms with Crippen molar-refractivity contribution in [1.29, 1.82) is 0 Å². The molecule has 0 saturated carbocycles. The Morgan fingerprint density at radius 3 is 2.59 bits per heavy atom. The van der Waals surface area contributed by atoms with Crippen LogP contribution >= 0.6 is 0 Å². The van der Waals surface area contributed by atoms with Crippen LogP contribution in [-0.4, -0.2) is 74.1 Å². The number of hydrogen-bond donors (Lipinski definition) is 1. The number of piperidine rings is 1. The second-order valence-corrected chi connectivity index (χ2v) is 9.33. The Morgan fingerprint density at radius 2 is 1.82 bits per heavy atom. The van der Waals surface area contributed by atoms with Crippen LogP contribution in [0.25, 0.3) is 0 Å². The average Bonchev–Trinajstić information content (AvgIpc) is 2.91. The first-order valence-corrected chi connectivity index (χ1v) is 12.7. The van der Waals surface area contributed by atoms with Crippen molar-refractivity contribution in [3.05, 3.63) is 70.8 Å². The van der Waals surface area contributed by atoms with Crippen molar-refractivity contribution in [2.75, 3.05) is 52.5 Å². The zero-order chi connectivity index (χ0) is 23.8. The van der Waals surface area contributed by atoms with Gasteiger partial charge in [-0.3, -0.25) is 14.5 Å². The highest BCUT2D eigenvalue weighted by atomic mass is 16.5. The first kappa shape index (κ1) is 24.4. The smallest absolute Gasteiger partial charge is 0.253 e. The Hall–Kier alpha value is -2.70. The summed E-state index contributed by atoms with van der Waals surface area (Å²) in [4.78, 5) is 30.1. The lowest BCUT2D eigenvalue weighted by atomic mass is 9.89. The molecule has 2 aliphatic rings. The van der Waals surface area contributed by atoms with Crippen LogP contribution in [0.15, 0.2) is 48.5 Å². The van der Waals surface area contributed by atoms with Crippen molar-refractivity contribution in [3.8, 4) is 0 Å². The van der Waals surface area contributed by atoms with Gasteiger partial charge in [0.15, 0.2) is 0 Å². The lowest BCUT2D eigenvalue weighted by Gasteiger charge is -2.33. The van der Waals surface area contributed by atoms with Gasteiger partial charge in [0.05, 0.1) is 13.2 Å². The first-order chi connectivity index (χ1) is 16.6. The molecule has 2 fully saturated rings. The highest BCUT2D eigenvalue weighted by Crippen LogP contribution is 2.28. The van der Waals surface area contributed by atoms with E-state index in [1.807, 2.05) is 47.4 Å². The number of nitrogens with zero attached hydrogens (tertiary/aromatic N) is 2. The largest absolute Gasteiger partial charge is 0.379 e. The molecule has 4 rings (SSSR count). The third-order valence-electron chi connectivity index (χ3n) is 6.98. The van der Waals surface area contributed by atoms with Crippen LogP contribution in [0.1, 0.15) is 63.9 Å². The van der Waals surface area contributed by atoms with Crippen molar-refractivity contribution in [2.24, 2.45) is 0 Å². The van der Waals surface area contributed by atoms with Gasteiger partial charge in [0.25, 0.3) is 11.8 Å². The zero-order valence-corrected chi connectivity index (χ0v) is 20.3. The number of ether oxygens (including phenoxy) is 1. The average molecular weight is 464 g/mol. The fourth-order valence-electron chi connectivity index (χ4n) is 4.86. The van der Waals surface area contributed by atoms with Gasteiger partial charge >= 0.3 is 0 Å². The summed E-state index contributed by atoms with van der Waals surface area (Å²) in [6.07, 6.45) is 3.91. The van der Waals surface area contributed by atoms with Crippen LogP contribution in [0.4, 0.5) is 0 Å². The summed E-state index contributed by atoms with van der Waals surface area (Å²) in [5.74, 6) is 0.326. The molecule has 1 unspecified atom stereocenters. The van der Waals surface area contributed by atoms with Crippen molar-refractivity contribution >= 4 is 11.8 Å². The Bertz CT molecular complexity index is 954. The molecule has 2 aromatic rings. The number of nitrogens with one attached hydrogen (secondary N) is 1. The number of hydrogen-bond acceptors (Lipinski definition) is 4. The summed E-state index contributed by atoms with van der Waals surface area (Å²) in [7, 11) is 0. The third kappa shape index (κ3) is 6.45. The highest BCUT2D eigenvalue weighted by Gasteiger charge is 2.26.